The van der Waals surface area contributed by atoms with Crippen LogP contribution in [0.3, 0.4) is 0 Å². The molecule has 0 radical (unpaired) electrons. The highest BCUT2D eigenvalue weighted by molar-refractivity contribution is 5.77. The molecular weight excluding hydrogens is 226 g/mol. The molecule has 0 fully saturated rings. The molecule has 0 saturated heterocycles. The van der Waals surface area contributed by atoms with E-state index < -0.39 is 0 Å². The fourth-order valence-electron chi connectivity index (χ4n) is 2.04. The topological polar surface area (TPSA) is 39.1 Å². The first kappa shape index (κ1) is 12.9. The van der Waals surface area contributed by atoms with Crippen molar-refractivity contribution in [3.63, 3.8) is 0 Å². The van der Waals surface area contributed by atoms with Crippen molar-refractivity contribution in [1.29, 1.82) is 0 Å². The smallest absolute Gasteiger partial charge is 0.121 e. The van der Waals surface area contributed by atoms with Crippen molar-refractivity contribution >= 4 is 11.0 Å². The molecule has 1 heterocycles. The largest absolute Gasteiger partial charge is 0.491 e. The van der Waals surface area contributed by atoms with Gasteiger partial charge in [-0.05, 0) is 33.0 Å². The number of aryl methyl sites for hydroxylation is 1. The molecule has 0 bridgehead atoms. The number of rotatable bonds is 5. The first-order valence-corrected chi connectivity index (χ1v) is 6.38. The summed E-state index contributed by atoms with van der Waals surface area (Å²) in [4.78, 5) is 4.66. The Labute approximate surface area is 108 Å². The number of nitrogens with one attached hydrogen (secondary N) is 1. The molecule has 0 unspecified atom stereocenters. The predicted molar refractivity (Wildman–Crippen MR) is 74.1 cm³/mol. The minimum Gasteiger partial charge on any atom is -0.491 e. The number of fused-ring (bicyclic) bond motifs is 1. The van der Waals surface area contributed by atoms with Gasteiger partial charge in [-0.2, -0.15) is 0 Å². The molecule has 0 amide bonds. The van der Waals surface area contributed by atoms with Gasteiger partial charge in [-0.3, -0.25) is 0 Å². The number of likely N-dealkylation sites (N-methyl/N-ethyl adjacent to an activating group) is 1. The lowest BCUT2D eigenvalue weighted by Crippen LogP contribution is -2.12. The fourth-order valence-corrected chi connectivity index (χ4v) is 2.04. The summed E-state index contributed by atoms with van der Waals surface area (Å²) in [5, 5.41) is 3.15. The van der Waals surface area contributed by atoms with Gasteiger partial charge in [0.15, 0.2) is 0 Å². The summed E-state index contributed by atoms with van der Waals surface area (Å²) >= 11 is 0. The lowest BCUT2D eigenvalue weighted by Gasteiger charge is -2.09. The van der Waals surface area contributed by atoms with Crippen LogP contribution < -0.4 is 10.1 Å². The van der Waals surface area contributed by atoms with Gasteiger partial charge in [0.2, 0.25) is 0 Å². The maximum absolute atomic E-state index is 5.69. The van der Waals surface area contributed by atoms with Gasteiger partial charge in [-0.15, -0.1) is 0 Å². The third-order valence-electron chi connectivity index (χ3n) is 2.92. The van der Waals surface area contributed by atoms with Crippen LogP contribution in [-0.4, -0.2) is 29.2 Å². The summed E-state index contributed by atoms with van der Waals surface area (Å²) in [5.74, 6) is 1.98. The third kappa shape index (κ3) is 2.64. The normalized spacial score (nSPS) is 11.4. The van der Waals surface area contributed by atoms with Gasteiger partial charge in [0.1, 0.15) is 11.6 Å². The molecule has 0 spiro atoms. The zero-order valence-corrected chi connectivity index (χ0v) is 11.5. The minimum absolute atomic E-state index is 0.190. The first-order chi connectivity index (χ1) is 8.61. The summed E-state index contributed by atoms with van der Waals surface area (Å²) in [6, 6.07) is 6.09. The van der Waals surface area contributed by atoms with Crippen LogP contribution in [0, 0.1) is 0 Å². The van der Waals surface area contributed by atoms with Gasteiger partial charge < -0.3 is 14.6 Å². The number of imidazole rings is 1. The second-order valence-electron chi connectivity index (χ2n) is 4.76. The van der Waals surface area contributed by atoms with E-state index in [0.717, 1.165) is 35.6 Å². The SMILES string of the molecule is CNCCc1nc2cc(OC(C)C)ccc2n1C. The number of ether oxygens (including phenoxy) is 1. The Morgan fingerprint density at radius 1 is 1.39 bits per heavy atom. The fraction of sp³-hybridized carbons (Fsp3) is 0.500. The first-order valence-electron chi connectivity index (χ1n) is 6.38. The Hall–Kier alpha value is -1.55. The molecule has 18 heavy (non-hydrogen) atoms. The molecule has 0 aliphatic rings. The van der Waals surface area contributed by atoms with E-state index in [9.17, 15) is 0 Å². The van der Waals surface area contributed by atoms with Gasteiger partial charge in [0, 0.05) is 26.1 Å². The second kappa shape index (κ2) is 5.40. The van der Waals surface area contributed by atoms with Crippen LogP contribution in [0.25, 0.3) is 11.0 Å². The van der Waals surface area contributed by atoms with Gasteiger partial charge in [-0.25, -0.2) is 4.98 Å². The third-order valence-corrected chi connectivity index (χ3v) is 2.92. The van der Waals surface area contributed by atoms with Crippen LogP contribution in [0.1, 0.15) is 19.7 Å². The Kier molecular flexibility index (Phi) is 3.87. The average Bonchev–Trinajstić information content (AvgIpc) is 2.62. The molecule has 0 aliphatic carbocycles. The zero-order valence-electron chi connectivity index (χ0n) is 11.5. The monoisotopic (exact) mass is 247 g/mol. The van der Waals surface area contributed by atoms with E-state index in [1.54, 1.807) is 0 Å². The molecule has 98 valence electrons. The van der Waals surface area contributed by atoms with E-state index in [4.69, 9.17) is 4.74 Å². The number of hydrogen-bond acceptors (Lipinski definition) is 3. The van der Waals surface area contributed by atoms with Crippen molar-refractivity contribution in [1.82, 2.24) is 14.9 Å². The van der Waals surface area contributed by atoms with Gasteiger partial charge in [0.25, 0.3) is 0 Å². The Morgan fingerprint density at radius 3 is 2.83 bits per heavy atom. The second-order valence-corrected chi connectivity index (χ2v) is 4.76. The lowest BCUT2D eigenvalue weighted by atomic mass is 10.3. The van der Waals surface area contributed by atoms with Gasteiger partial charge in [0.05, 0.1) is 17.1 Å². The van der Waals surface area contributed by atoms with E-state index in [1.807, 2.05) is 33.0 Å². The van der Waals surface area contributed by atoms with Crippen LogP contribution in [0.15, 0.2) is 18.2 Å². The number of benzene rings is 1. The minimum atomic E-state index is 0.190. The molecule has 0 atom stereocenters. The molecule has 2 rings (SSSR count). The van der Waals surface area contributed by atoms with E-state index in [-0.39, 0.29) is 6.10 Å². The summed E-state index contributed by atoms with van der Waals surface area (Å²) in [6.07, 6.45) is 1.12. The van der Waals surface area contributed by atoms with Crippen LogP contribution in [0.2, 0.25) is 0 Å². The Balaban J connectivity index is 2.32. The highest BCUT2D eigenvalue weighted by atomic mass is 16.5. The summed E-state index contributed by atoms with van der Waals surface area (Å²) in [6.45, 7) is 4.99. The highest BCUT2D eigenvalue weighted by Gasteiger charge is 2.08. The standard InChI is InChI=1S/C14H21N3O/c1-10(2)18-11-5-6-13-12(9-11)16-14(17(13)4)7-8-15-3/h5-6,9-10,15H,7-8H2,1-4H3. The van der Waals surface area contributed by atoms with E-state index in [2.05, 4.69) is 28.0 Å². The molecule has 4 heteroatoms. The molecule has 0 aliphatic heterocycles. The van der Waals surface area contributed by atoms with Crippen LogP contribution in [-0.2, 0) is 13.5 Å². The van der Waals surface area contributed by atoms with Gasteiger partial charge >= 0.3 is 0 Å². The number of aromatic nitrogens is 2. The summed E-state index contributed by atoms with van der Waals surface area (Å²) < 4.78 is 7.84. The van der Waals surface area contributed by atoms with Crippen molar-refractivity contribution in [2.45, 2.75) is 26.4 Å². The van der Waals surface area contributed by atoms with E-state index >= 15 is 0 Å². The highest BCUT2D eigenvalue weighted by Crippen LogP contribution is 2.22. The number of nitrogens with zero attached hydrogens (tertiary/aromatic N) is 2. The maximum Gasteiger partial charge on any atom is 0.121 e. The molecule has 1 aromatic heterocycles. The van der Waals surface area contributed by atoms with Crippen molar-refractivity contribution in [3.8, 4) is 5.75 Å². The van der Waals surface area contributed by atoms with Crippen molar-refractivity contribution in [2.24, 2.45) is 7.05 Å². The molecular formula is C14H21N3O. The predicted octanol–water partition coefficient (Wildman–Crippen LogP) is 2.12. The van der Waals surface area contributed by atoms with Crippen molar-refractivity contribution < 1.29 is 4.74 Å². The maximum atomic E-state index is 5.69. The van der Waals surface area contributed by atoms with E-state index in [0.29, 0.717) is 0 Å². The Bertz CT molecular complexity index is 531. The molecule has 1 aromatic carbocycles. The van der Waals surface area contributed by atoms with Crippen molar-refractivity contribution in [3.05, 3.63) is 24.0 Å². The van der Waals surface area contributed by atoms with Crippen LogP contribution in [0.5, 0.6) is 5.75 Å². The quantitative estimate of drug-likeness (QED) is 0.879. The lowest BCUT2D eigenvalue weighted by molar-refractivity contribution is 0.242. The molecule has 0 saturated carbocycles. The zero-order chi connectivity index (χ0) is 13.1. The van der Waals surface area contributed by atoms with Crippen LogP contribution in [0.4, 0.5) is 0 Å². The van der Waals surface area contributed by atoms with Gasteiger partial charge in [-0.1, -0.05) is 0 Å². The molecule has 4 nitrogen and oxygen atoms in total. The summed E-state index contributed by atoms with van der Waals surface area (Å²) in [5.41, 5.74) is 2.15. The summed E-state index contributed by atoms with van der Waals surface area (Å²) in [7, 11) is 4.01. The Morgan fingerprint density at radius 2 is 2.17 bits per heavy atom. The van der Waals surface area contributed by atoms with Crippen molar-refractivity contribution in [2.75, 3.05) is 13.6 Å². The average molecular weight is 247 g/mol. The van der Waals surface area contributed by atoms with E-state index in [1.165, 1.54) is 0 Å². The molecule has 1 N–H and O–H groups in total. The number of hydrogen-bond donors (Lipinski definition) is 1. The molecule has 2 aromatic rings. The van der Waals surface area contributed by atoms with Crippen LogP contribution >= 0.6 is 0 Å².